The lowest BCUT2D eigenvalue weighted by molar-refractivity contribution is -0.115. The van der Waals surface area contributed by atoms with Crippen molar-refractivity contribution in [2.24, 2.45) is 0 Å². The van der Waals surface area contributed by atoms with Crippen LogP contribution >= 0.6 is 11.8 Å². The first-order valence-corrected chi connectivity index (χ1v) is 8.38. The predicted molar refractivity (Wildman–Crippen MR) is 90.8 cm³/mol. The number of ether oxygens (including phenoxy) is 1. The number of nitrogens with one attached hydrogen (secondary N) is 1. The molecule has 4 nitrogen and oxygen atoms in total. The van der Waals surface area contributed by atoms with Crippen molar-refractivity contribution in [2.45, 2.75) is 23.5 Å². The molecule has 1 heterocycles. The Bertz CT molecular complexity index is 720. The molecule has 3 rings (SSSR count). The number of anilines is 1. The molecule has 0 saturated carbocycles. The van der Waals surface area contributed by atoms with E-state index in [0.29, 0.717) is 24.3 Å². The van der Waals surface area contributed by atoms with E-state index in [1.165, 1.54) is 5.56 Å². The van der Waals surface area contributed by atoms with E-state index in [9.17, 15) is 9.59 Å². The van der Waals surface area contributed by atoms with Gasteiger partial charge in [-0.05, 0) is 37.1 Å². The Labute approximate surface area is 139 Å². The first kappa shape index (κ1) is 15.6. The highest BCUT2D eigenvalue weighted by Gasteiger charge is 2.28. The SMILES string of the molecule is CCOC(=O)c1ccccc1NC(=O)[C@@H]1Cc2ccccc2S1. The van der Waals surface area contributed by atoms with Gasteiger partial charge in [-0.1, -0.05) is 30.3 Å². The number of hydrogen-bond acceptors (Lipinski definition) is 4. The lowest BCUT2D eigenvalue weighted by Gasteiger charge is -2.13. The molecule has 1 atom stereocenters. The summed E-state index contributed by atoms with van der Waals surface area (Å²) >= 11 is 1.56. The number of fused-ring (bicyclic) bond motifs is 1. The quantitative estimate of drug-likeness (QED) is 0.873. The molecule has 1 N–H and O–H groups in total. The molecule has 1 amide bonds. The van der Waals surface area contributed by atoms with Crippen LogP contribution in [0.25, 0.3) is 0 Å². The maximum atomic E-state index is 12.5. The Morgan fingerprint density at radius 3 is 2.70 bits per heavy atom. The summed E-state index contributed by atoms with van der Waals surface area (Å²) < 4.78 is 5.03. The Kier molecular flexibility index (Phi) is 4.67. The number of rotatable bonds is 4. The molecule has 0 aliphatic carbocycles. The molecule has 2 aromatic carbocycles. The summed E-state index contributed by atoms with van der Waals surface area (Å²) in [6.45, 7) is 2.06. The van der Waals surface area contributed by atoms with Gasteiger partial charge in [0.1, 0.15) is 0 Å². The van der Waals surface area contributed by atoms with E-state index in [0.717, 1.165) is 4.90 Å². The van der Waals surface area contributed by atoms with Crippen molar-refractivity contribution in [3.8, 4) is 0 Å². The Balaban J connectivity index is 1.73. The topological polar surface area (TPSA) is 55.4 Å². The molecule has 0 aromatic heterocycles. The van der Waals surface area contributed by atoms with Crippen LogP contribution in [0.5, 0.6) is 0 Å². The van der Waals surface area contributed by atoms with Gasteiger partial charge in [0.15, 0.2) is 0 Å². The van der Waals surface area contributed by atoms with Crippen LogP contribution < -0.4 is 5.32 Å². The van der Waals surface area contributed by atoms with E-state index in [2.05, 4.69) is 5.32 Å². The zero-order valence-corrected chi connectivity index (χ0v) is 13.6. The van der Waals surface area contributed by atoms with Gasteiger partial charge < -0.3 is 10.1 Å². The average Bonchev–Trinajstić information content (AvgIpc) is 3.00. The van der Waals surface area contributed by atoms with E-state index >= 15 is 0 Å². The fraction of sp³-hybridized carbons (Fsp3) is 0.222. The third-order valence-electron chi connectivity index (χ3n) is 3.62. The highest BCUT2D eigenvalue weighted by Crippen LogP contribution is 2.37. The molecule has 0 radical (unpaired) electrons. The third kappa shape index (κ3) is 3.40. The zero-order valence-electron chi connectivity index (χ0n) is 12.7. The van der Waals surface area contributed by atoms with Gasteiger partial charge in [0.25, 0.3) is 0 Å². The van der Waals surface area contributed by atoms with E-state index < -0.39 is 5.97 Å². The Hall–Kier alpha value is -2.27. The van der Waals surface area contributed by atoms with E-state index in [1.807, 2.05) is 24.3 Å². The average molecular weight is 327 g/mol. The number of hydrogen-bond donors (Lipinski definition) is 1. The van der Waals surface area contributed by atoms with Gasteiger partial charge >= 0.3 is 5.97 Å². The second kappa shape index (κ2) is 6.87. The first-order valence-electron chi connectivity index (χ1n) is 7.50. The molecule has 118 valence electrons. The van der Waals surface area contributed by atoms with Crippen molar-refractivity contribution in [3.05, 3.63) is 59.7 Å². The number of thioether (sulfide) groups is 1. The summed E-state index contributed by atoms with van der Waals surface area (Å²) in [5, 5.41) is 2.69. The molecule has 0 saturated heterocycles. The van der Waals surface area contributed by atoms with Crippen molar-refractivity contribution in [2.75, 3.05) is 11.9 Å². The zero-order chi connectivity index (χ0) is 16.2. The predicted octanol–water partition coefficient (Wildman–Crippen LogP) is 3.52. The minimum Gasteiger partial charge on any atom is -0.462 e. The fourth-order valence-corrected chi connectivity index (χ4v) is 3.72. The van der Waals surface area contributed by atoms with Gasteiger partial charge in [-0.2, -0.15) is 0 Å². The highest BCUT2D eigenvalue weighted by molar-refractivity contribution is 8.01. The molecule has 23 heavy (non-hydrogen) atoms. The fourth-order valence-electron chi connectivity index (χ4n) is 2.52. The number of para-hydroxylation sites is 1. The van der Waals surface area contributed by atoms with Gasteiger partial charge in [-0.25, -0.2) is 4.79 Å². The molecule has 5 heteroatoms. The van der Waals surface area contributed by atoms with Crippen LogP contribution in [0.3, 0.4) is 0 Å². The molecule has 0 bridgehead atoms. The lowest BCUT2D eigenvalue weighted by Crippen LogP contribution is -2.25. The van der Waals surface area contributed by atoms with Crippen LogP contribution in [0.2, 0.25) is 0 Å². The van der Waals surface area contributed by atoms with E-state index in [-0.39, 0.29) is 11.2 Å². The number of benzene rings is 2. The minimum atomic E-state index is -0.425. The number of amides is 1. The molecular formula is C18H17NO3S. The molecule has 0 fully saturated rings. The van der Waals surface area contributed by atoms with Gasteiger partial charge in [-0.3, -0.25) is 4.79 Å². The van der Waals surface area contributed by atoms with Crippen LogP contribution in [0.1, 0.15) is 22.8 Å². The monoisotopic (exact) mass is 327 g/mol. The maximum Gasteiger partial charge on any atom is 0.340 e. The molecule has 0 unspecified atom stereocenters. The lowest BCUT2D eigenvalue weighted by atomic mass is 10.1. The summed E-state index contributed by atoms with van der Waals surface area (Å²) in [6.07, 6.45) is 0.703. The van der Waals surface area contributed by atoms with Crippen molar-refractivity contribution >= 4 is 29.3 Å². The van der Waals surface area contributed by atoms with Crippen LogP contribution in [0.4, 0.5) is 5.69 Å². The number of carbonyl (C=O) groups excluding carboxylic acids is 2. The van der Waals surface area contributed by atoms with Gasteiger partial charge in [0, 0.05) is 4.90 Å². The summed E-state index contributed by atoms with van der Waals surface area (Å²) in [6, 6.07) is 14.9. The van der Waals surface area contributed by atoms with Crippen LogP contribution in [-0.2, 0) is 16.0 Å². The minimum absolute atomic E-state index is 0.0945. The largest absolute Gasteiger partial charge is 0.462 e. The summed E-state index contributed by atoms with van der Waals surface area (Å²) in [5.41, 5.74) is 2.06. The van der Waals surface area contributed by atoms with E-state index in [4.69, 9.17) is 4.74 Å². The van der Waals surface area contributed by atoms with Gasteiger partial charge in [0.2, 0.25) is 5.91 Å². The van der Waals surface area contributed by atoms with E-state index in [1.54, 1.807) is 43.0 Å². The van der Waals surface area contributed by atoms with Crippen LogP contribution in [0, 0.1) is 0 Å². The number of esters is 1. The summed E-state index contributed by atoms with van der Waals surface area (Å²) in [4.78, 5) is 25.6. The molecule has 1 aliphatic rings. The van der Waals surface area contributed by atoms with Crippen molar-refractivity contribution in [1.82, 2.24) is 0 Å². The van der Waals surface area contributed by atoms with Gasteiger partial charge in [-0.15, -0.1) is 11.8 Å². The van der Waals surface area contributed by atoms with Gasteiger partial charge in [0.05, 0.1) is 23.1 Å². The Morgan fingerprint density at radius 2 is 1.91 bits per heavy atom. The molecule has 0 spiro atoms. The van der Waals surface area contributed by atoms with Crippen molar-refractivity contribution in [3.63, 3.8) is 0 Å². The standard InChI is InChI=1S/C18H17NO3S/c1-2-22-18(21)13-8-4-5-9-14(13)19-17(20)16-11-12-7-3-6-10-15(12)23-16/h3-10,16H,2,11H2,1H3,(H,19,20)/t16-/m0/s1. The normalized spacial score (nSPS) is 15.8. The number of carbonyl (C=O) groups is 2. The first-order chi connectivity index (χ1) is 11.2. The summed E-state index contributed by atoms with van der Waals surface area (Å²) in [7, 11) is 0. The third-order valence-corrected chi connectivity index (χ3v) is 4.94. The highest BCUT2D eigenvalue weighted by atomic mass is 32.2. The second-order valence-electron chi connectivity index (χ2n) is 5.17. The summed E-state index contributed by atoms with van der Waals surface area (Å²) in [5.74, 6) is -0.520. The van der Waals surface area contributed by atoms with Crippen LogP contribution in [-0.4, -0.2) is 23.7 Å². The van der Waals surface area contributed by atoms with Crippen molar-refractivity contribution in [1.29, 1.82) is 0 Å². The second-order valence-corrected chi connectivity index (χ2v) is 6.42. The van der Waals surface area contributed by atoms with Crippen LogP contribution in [0.15, 0.2) is 53.4 Å². The molecule has 2 aromatic rings. The maximum absolute atomic E-state index is 12.5. The Morgan fingerprint density at radius 1 is 1.17 bits per heavy atom. The molecule has 1 aliphatic heterocycles. The smallest absolute Gasteiger partial charge is 0.340 e. The van der Waals surface area contributed by atoms with Crippen molar-refractivity contribution < 1.29 is 14.3 Å². The molecular weight excluding hydrogens is 310 g/mol.